The number of amides is 1. The van der Waals surface area contributed by atoms with Crippen LogP contribution < -0.4 is 9.80 Å². The van der Waals surface area contributed by atoms with E-state index in [0.717, 1.165) is 22.8 Å². The number of ether oxygens (including phenoxy) is 2. The number of carbonyl (C=O) groups is 1. The Kier molecular flexibility index (Phi) is 6.33. The van der Waals surface area contributed by atoms with Gasteiger partial charge in [0.1, 0.15) is 23.1 Å². The fraction of sp³-hybridized carbons (Fsp3) is 0.263. The zero-order valence-electron chi connectivity index (χ0n) is 15.5. The highest BCUT2D eigenvalue weighted by Crippen LogP contribution is 2.39. The lowest BCUT2D eigenvalue weighted by atomic mass is 10.2. The Morgan fingerprint density at radius 3 is 2.69 bits per heavy atom. The number of anilines is 1. The molecule has 0 saturated carbocycles. The molecule has 0 unspecified atom stereocenters. The Morgan fingerprint density at radius 2 is 2.00 bits per heavy atom. The minimum atomic E-state index is -4.45. The second-order valence-electron chi connectivity index (χ2n) is 5.84. The lowest BCUT2D eigenvalue weighted by Crippen LogP contribution is -2.30. The number of alkyl halides is 3. The minimum Gasteiger partial charge on any atom is -0.484 e. The van der Waals surface area contributed by atoms with Gasteiger partial charge >= 0.3 is 12.3 Å². The number of thioether (sulfide) groups is 1. The van der Waals surface area contributed by atoms with Gasteiger partial charge in [0.25, 0.3) is 0 Å². The van der Waals surface area contributed by atoms with Gasteiger partial charge in [0.2, 0.25) is 0 Å². The van der Waals surface area contributed by atoms with Crippen LogP contribution >= 0.6 is 11.8 Å². The number of methoxy groups -OCH3 is 1. The highest BCUT2D eigenvalue weighted by Gasteiger charge is 2.31. The fourth-order valence-electron chi connectivity index (χ4n) is 2.63. The zero-order valence-corrected chi connectivity index (χ0v) is 16.3. The van der Waals surface area contributed by atoms with Crippen molar-refractivity contribution >= 4 is 34.3 Å². The van der Waals surface area contributed by atoms with Crippen LogP contribution in [0.4, 0.5) is 29.3 Å². The van der Waals surface area contributed by atoms with Crippen molar-refractivity contribution in [2.75, 3.05) is 25.9 Å². The van der Waals surface area contributed by atoms with Gasteiger partial charge in [-0.2, -0.15) is 18.2 Å². The van der Waals surface area contributed by atoms with Crippen molar-refractivity contribution < 1.29 is 32.3 Å². The second-order valence-corrected chi connectivity index (χ2v) is 6.89. The number of hydroxylamine groups is 1. The highest BCUT2D eigenvalue weighted by molar-refractivity contribution is 8.13. The highest BCUT2D eigenvalue weighted by atomic mass is 32.2. The maximum atomic E-state index is 12.9. The smallest absolute Gasteiger partial charge is 0.438 e. The Bertz CT molecular complexity index is 934. The summed E-state index contributed by atoms with van der Waals surface area (Å²) >= 11 is 1.30. The minimum absolute atomic E-state index is 0.134. The van der Waals surface area contributed by atoms with E-state index >= 15 is 0 Å². The molecule has 1 aliphatic rings. The largest absolute Gasteiger partial charge is 0.484 e. The standard InChI is InChI=1S/C19H17F3N2O4S/c1-26-18(25)24(27-2)15-6-4-3-5-12(15)11-29-17-10-28-16-8-7-13(19(20,21)22)9-14(16)23-17/h3-9H,10-11H2,1-2H3. The molecule has 2 aromatic carbocycles. The average Bonchev–Trinajstić information content (AvgIpc) is 2.72. The van der Waals surface area contributed by atoms with E-state index < -0.39 is 17.8 Å². The first kappa shape index (κ1) is 21.0. The van der Waals surface area contributed by atoms with Gasteiger partial charge < -0.3 is 9.47 Å². The monoisotopic (exact) mass is 426 g/mol. The molecule has 1 amide bonds. The van der Waals surface area contributed by atoms with Gasteiger partial charge in [-0.25, -0.2) is 9.79 Å². The van der Waals surface area contributed by atoms with Crippen molar-refractivity contribution in [3.05, 3.63) is 53.6 Å². The summed E-state index contributed by atoms with van der Waals surface area (Å²) < 4.78 is 49.0. The van der Waals surface area contributed by atoms with Crippen molar-refractivity contribution in [2.45, 2.75) is 11.9 Å². The number of nitrogens with zero attached hydrogens (tertiary/aromatic N) is 2. The molecule has 0 radical (unpaired) electrons. The van der Waals surface area contributed by atoms with Crippen molar-refractivity contribution in [3.8, 4) is 5.75 Å². The number of aliphatic imine (C=N–C) groups is 1. The maximum Gasteiger partial charge on any atom is 0.438 e. The number of rotatable bonds is 4. The normalized spacial score (nSPS) is 13.2. The quantitative estimate of drug-likeness (QED) is 0.630. The predicted octanol–water partition coefficient (Wildman–Crippen LogP) is 5.20. The van der Waals surface area contributed by atoms with E-state index in [9.17, 15) is 18.0 Å². The predicted molar refractivity (Wildman–Crippen MR) is 104 cm³/mol. The van der Waals surface area contributed by atoms with Crippen LogP contribution in [0.15, 0.2) is 47.5 Å². The molecule has 0 fully saturated rings. The Balaban J connectivity index is 1.80. The molecule has 0 spiro atoms. The van der Waals surface area contributed by atoms with E-state index in [1.807, 2.05) is 0 Å². The molecular formula is C19H17F3N2O4S. The molecule has 3 rings (SSSR count). The molecular weight excluding hydrogens is 409 g/mol. The second kappa shape index (κ2) is 8.75. The van der Waals surface area contributed by atoms with Crippen LogP contribution in [-0.2, 0) is 21.5 Å². The summed E-state index contributed by atoms with van der Waals surface area (Å²) in [6.07, 6.45) is -5.14. The molecule has 0 aromatic heterocycles. The Hall–Kier alpha value is -2.72. The third-order valence-electron chi connectivity index (χ3n) is 4.01. The maximum absolute atomic E-state index is 12.9. The number of halogens is 3. The van der Waals surface area contributed by atoms with Crippen LogP contribution in [0.3, 0.4) is 0 Å². The molecule has 0 N–H and O–H groups in total. The van der Waals surface area contributed by atoms with Gasteiger partial charge in [-0.05, 0) is 29.8 Å². The number of para-hydroxylation sites is 1. The van der Waals surface area contributed by atoms with Crippen molar-refractivity contribution in [1.82, 2.24) is 0 Å². The van der Waals surface area contributed by atoms with Crippen molar-refractivity contribution in [1.29, 1.82) is 0 Å². The summed E-state index contributed by atoms with van der Waals surface area (Å²) in [7, 11) is 2.58. The van der Waals surface area contributed by atoms with E-state index in [0.29, 0.717) is 22.2 Å². The van der Waals surface area contributed by atoms with Crippen LogP contribution in [-0.4, -0.2) is 32.0 Å². The number of hydrogen-bond acceptors (Lipinski definition) is 6. The van der Waals surface area contributed by atoms with Crippen LogP contribution in [0.5, 0.6) is 5.75 Å². The summed E-state index contributed by atoms with van der Waals surface area (Å²) in [5.74, 6) is 0.697. The zero-order chi connectivity index (χ0) is 21.0. The first-order chi connectivity index (χ1) is 13.8. The molecule has 1 aliphatic heterocycles. The van der Waals surface area contributed by atoms with E-state index in [1.54, 1.807) is 24.3 Å². The van der Waals surface area contributed by atoms with Gasteiger partial charge in [0, 0.05) is 5.75 Å². The lowest BCUT2D eigenvalue weighted by molar-refractivity contribution is -0.137. The molecule has 0 saturated heterocycles. The Labute approximate surface area is 169 Å². The van der Waals surface area contributed by atoms with Crippen LogP contribution in [0, 0.1) is 0 Å². The molecule has 0 aliphatic carbocycles. The van der Waals surface area contributed by atoms with Gasteiger partial charge in [-0.3, -0.25) is 4.84 Å². The molecule has 0 bridgehead atoms. The number of fused-ring (bicyclic) bond motifs is 1. The van der Waals surface area contributed by atoms with E-state index in [4.69, 9.17) is 14.3 Å². The summed E-state index contributed by atoms with van der Waals surface area (Å²) in [6.45, 7) is 0.149. The van der Waals surface area contributed by atoms with Crippen LogP contribution in [0.25, 0.3) is 0 Å². The average molecular weight is 426 g/mol. The van der Waals surface area contributed by atoms with Gasteiger partial charge in [0.05, 0.1) is 25.5 Å². The van der Waals surface area contributed by atoms with Gasteiger partial charge in [-0.1, -0.05) is 18.2 Å². The summed E-state index contributed by atoms with van der Waals surface area (Å²) in [5, 5.41) is 1.54. The summed E-state index contributed by atoms with van der Waals surface area (Å²) in [4.78, 5) is 21.3. The summed E-state index contributed by atoms with van der Waals surface area (Å²) in [6, 6.07) is 10.2. The molecule has 154 valence electrons. The number of benzene rings is 2. The molecule has 2 aromatic rings. The molecule has 6 nitrogen and oxygen atoms in total. The van der Waals surface area contributed by atoms with E-state index in [1.165, 1.54) is 32.0 Å². The molecule has 29 heavy (non-hydrogen) atoms. The first-order valence-electron chi connectivity index (χ1n) is 8.38. The van der Waals surface area contributed by atoms with Gasteiger partial charge in [0.15, 0.2) is 0 Å². The van der Waals surface area contributed by atoms with E-state index in [2.05, 4.69) is 4.99 Å². The Morgan fingerprint density at radius 1 is 1.24 bits per heavy atom. The first-order valence-corrected chi connectivity index (χ1v) is 9.36. The van der Waals surface area contributed by atoms with Crippen LogP contribution in [0.1, 0.15) is 11.1 Å². The third kappa shape index (κ3) is 4.83. The SMILES string of the molecule is COC(=O)N(OC)c1ccccc1CSC1=Nc2cc(C(F)(F)F)ccc2OC1. The third-order valence-corrected chi connectivity index (χ3v) is 5.01. The van der Waals surface area contributed by atoms with Crippen LogP contribution in [0.2, 0.25) is 0 Å². The number of hydrogen-bond donors (Lipinski definition) is 0. The van der Waals surface area contributed by atoms with Crippen molar-refractivity contribution in [2.24, 2.45) is 4.99 Å². The van der Waals surface area contributed by atoms with Crippen molar-refractivity contribution in [3.63, 3.8) is 0 Å². The number of carbonyl (C=O) groups excluding carboxylic acids is 1. The lowest BCUT2D eigenvalue weighted by Gasteiger charge is -2.21. The summed E-state index contributed by atoms with van der Waals surface area (Å²) in [5.41, 5.74) is 0.595. The van der Waals surface area contributed by atoms with E-state index in [-0.39, 0.29) is 12.3 Å². The molecule has 1 heterocycles. The topological polar surface area (TPSA) is 60.4 Å². The fourth-order valence-corrected chi connectivity index (χ4v) is 3.50. The molecule has 0 atom stereocenters. The van der Waals surface area contributed by atoms with Gasteiger partial charge in [-0.15, -0.1) is 11.8 Å². The molecule has 10 heteroatoms.